The van der Waals surface area contributed by atoms with Gasteiger partial charge in [-0.3, -0.25) is 20.2 Å². The van der Waals surface area contributed by atoms with E-state index in [-0.39, 0.29) is 23.1 Å². The molecule has 0 saturated carbocycles. The van der Waals surface area contributed by atoms with Gasteiger partial charge in [-0.15, -0.1) is 0 Å². The lowest BCUT2D eigenvalue weighted by atomic mass is 10.2. The van der Waals surface area contributed by atoms with Crippen LogP contribution >= 0.6 is 0 Å². The number of nitrogens with two attached hydrogens (primary N) is 1. The smallest absolute Gasteiger partial charge is 0.301 e. The van der Waals surface area contributed by atoms with Crippen molar-refractivity contribution in [3.8, 4) is 0 Å². The van der Waals surface area contributed by atoms with Crippen molar-refractivity contribution >= 4 is 23.4 Å². The van der Waals surface area contributed by atoms with Crippen LogP contribution < -0.4 is 11.1 Å². The molecule has 2 rings (SSSR count). The van der Waals surface area contributed by atoms with Crippen LogP contribution in [0.2, 0.25) is 0 Å². The first-order valence-electron chi connectivity index (χ1n) is 5.11. The van der Waals surface area contributed by atoms with Crippen molar-refractivity contribution in [3.05, 3.63) is 39.9 Å². The van der Waals surface area contributed by atoms with Crippen LogP contribution in [0.15, 0.2) is 22.9 Å². The van der Waals surface area contributed by atoms with Gasteiger partial charge in [0.1, 0.15) is 18.3 Å². The monoisotopic (exact) mass is 263 g/mol. The van der Waals surface area contributed by atoms with Crippen molar-refractivity contribution in [3.63, 3.8) is 0 Å². The van der Waals surface area contributed by atoms with E-state index in [1.165, 1.54) is 6.26 Å². The van der Waals surface area contributed by atoms with E-state index in [1.807, 2.05) is 0 Å². The zero-order valence-electron chi connectivity index (χ0n) is 9.78. The summed E-state index contributed by atoms with van der Waals surface area (Å²) in [4.78, 5) is 29.3. The number of aryl methyl sites for hydroxylation is 1. The molecule has 1 amide bonds. The number of hydrogen-bond donors (Lipinski definition) is 2. The number of nitrogens with one attached hydrogen (secondary N) is 1. The van der Waals surface area contributed by atoms with E-state index in [9.17, 15) is 14.9 Å². The minimum atomic E-state index is -0.685. The molecule has 0 aromatic carbocycles. The molecule has 9 nitrogen and oxygen atoms in total. The number of oxazole rings is 1. The van der Waals surface area contributed by atoms with E-state index in [0.29, 0.717) is 5.69 Å². The summed E-state index contributed by atoms with van der Waals surface area (Å²) in [6.45, 7) is 1.68. The molecule has 0 aliphatic heterocycles. The highest BCUT2D eigenvalue weighted by Gasteiger charge is 2.18. The van der Waals surface area contributed by atoms with Gasteiger partial charge in [0.05, 0.1) is 16.2 Å². The second kappa shape index (κ2) is 4.72. The van der Waals surface area contributed by atoms with Crippen molar-refractivity contribution in [2.24, 2.45) is 0 Å². The van der Waals surface area contributed by atoms with Crippen LogP contribution in [0, 0.1) is 17.0 Å². The Morgan fingerprint density at radius 3 is 2.89 bits per heavy atom. The molecule has 0 bridgehead atoms. The SMILES string of the molecule is Cc1coc(NC(=O)c2cc([N+](=O)[O-])cnc2N)n1. The fourth-order valence-corrected chi connectivity index (χ4v) is 1.32. The van der Waals surface area contributed by atoms with Gasteiger partial charge in [0.15, 0.2) is 0 Å². The number of amides is 1. The number of nitrogen functional groups attached to an aromatic ring is 1. The Labute approximate surface area is 106 Å². The van der Waals surface area contributed by atoms with Crippen molar-refractivity contribution in [1.82, 2.24) is 9.97 Å². The van der Waals surface area contributed by atoms with Gasteiger partial charge in [0.25, 0.3) is 11.6 Å². The van der Waals surface area contributed by atoms with Gasteiger partial charge in [0, 0.05) is 6.07 Å². The zero-order chi connectivity index (χ0) is 14.0. The number of rotatable bonds is 3. The Bertz CT molecular complexity index is 651. The molecule has 2 heterocycles. The van der Waals surface area contributed by atoms with E-state index in [0.717, 1.165) is 12.3 Å². The molecule has 0 saturated heterocycles. The Morgan fingerprint density at radius 2 is 2.32 bits per heavy atom. The van der Waals surface area contributed by atoms with Gasteiger partial charge >= 0.3 is 6.01 Å². The summed E-state index contributed by atoms with van der Waals surface area (Å²) >= 11 is 0. The summed E-state index contributed by atoms with van der Waals surface area (Å²) in [6, 6.07) is 1.02. The number of aromatic nitrogens is 2. The van der Waals surface area contributed by atoms with E-state index in [4.69, 9.17) is 10.2 Å². The standard InChI is InChI=1S/C10H9N5O4/c1-5-4-19-10(13-5)14-9(16)7-2-6(15(17)18)3-12-8(7)11/h2-4H,1H3,(H2,11,12)(H,13,14,16). The molecule has 0 aliphatic rings. The normalized spacial score (nSPS) is 10.2. The molecule has 0 fully saturated rings. The Balaban J connectivity index is 2.27. The summed E-state index contributed by atoms with van der Waals surface area (Å²) in [7, 11) is 0. The minimum absolute atomic E-state index is 0.0200. The lowest BCUT2D eigenvalue weighted by Crippen LogP contribution is -2.15. The van der Waals surface area contributed by atoms with Crippen LogP contribution in [0.4, 0.5) is 17.5 Å². The highest BCUT2D eigenvalue weighted by molar-refractivity contribution is 6.06. The van der Waals surface area contributed by atoms with E-state index >= 15 is 0 Å². The first kappa shape index (κ1) is 12.5. The molecule has 2 aromatic heterocycles. The second-order valence-electron chi connectivity index (χ2n) is 3.63. The summed E-state index contributed by atoms with van der Waals surface area (Å²) in [5, 5.41) is 12.9. The molecule has 9 heteroatoms. The summed E-state index contributed by atoms with van der Waals surface area (Å²) in [5.41, 5.74) is 5.64. The highest BCUT2D eigenvalue weighted by atomic mass is 16.6. The maximum absolute atomic E-state index is 11.9. The first-order valence-corrected chi connectivity index (χ1v) is 5.11. The van der Waals surface area contributed by atoms with E-state index in [2.05, 4.69) is 15.3 Å². The fourth-order valence-electron chi connectivity index (χ4n) is 1.32. The van der Waals surface area contributed by atoms with Gasteiger partial charge in [-0.2, -0.15) is 4.98 Å². The lowest BCUT2D eigenvalue weighted by Gasteiger charge is -2.03. The predicted molar refractivity (Wildman–Crippen MR) is 64.5 cm³/mol. The molecule has 2 aromatic rings. The average Bonchev–Trinajstić information content (AvgIpc) is 2.74. The number of nitrogens with zero attached hydrogens (tertiary/aromatic N) is 3. The maximum Gasteiger partial charge on any atom is 0.301 e. The summed E-state index contributed by atoms with van der Waals surface area (Å²) in [5.74, 6) is -0.804. The van der Waals surface area contributed by atoms with Gasteiger partial charge in [0.2, 0.25) is 0 Å². The molecular weight excluding hydrogens is 254 g/mol. The molecule has 98 valence electrons. The highest BCUT2D eigenvalue weighted by Crippen LogP contribution is 2.18. The molecule has 0 spiro atoms. The van der Waals surface area contributed by atoms with Crippen molar-refractivity contribution in [2.45, 2.75) is 6.92 Å². The van der Waals surface area contributed by atoms with Gasteiger partial charge in [-0.05, 0) is 6.92 Å². The summed E-state index contributed by atoms with van der Waals surface area (Å²) < 4.78 is 4.94. The van der Waals surface area contributed by atoms with Gasteiger partial charge in [-0.1, -0.05) is 0 Å². The molecule has 19 heavy (non-hydrogen) atoms. The molecule has 0 aliphatic carbocycles. The Morgan fingerprint density at radius 1 is 1.58 bits per heavy atom. The summed E-state index contributed by atoms with van der Waals surface area (Å²) in [6.07, 6.45) is 2.33. The number of anilines is 2. The van der Waals surface area contributed by atoms with Crippen molar-refractivity contribution < 1.29 is 14.1 Å². The van der Waals surface area contributed by atoms with Crippen LogP contribution in [0.3, 0.4) is 0 Å². The van der Waals surface area contributed by atoms with Crippen LogP contribution in [0.1, 0.15) is 16.1 Å². The number of carbonyl (C=O) groups is 1. The third-order valence-electron chi connectivity index (χ3n) is 2.20. The first-order chi connectivity index (χ1) is 8.97. The Kier molecular flexibility index (Phi) is 3.10. The third kappa shape index (κ3) is 2.65. The van der Waals surface area contributed by atoms with Gasteiger partial charge < -0.3 is 10.2 Å². The average molecular weight is 263 g/mol. The molecule has 0 atom stereocenters. The fraction of sp³-hybridized carbons (Fsp3) is 0.100. The number of hydrogen-bond acceptors (Lipinski definition) is 7. The van der Waals surface area contributed by atoms with Crippen LogP contribution in [-0.2, 0) is 0 Å². The quantitative estimate of drug-likeness (QED) is 0.625. The molecule has 3 N–H and O–H groups in total. The van der Waals surface area contributed by atoms with Crippen LogP contribution in [-0.4, -0.2) is 20.8 Å². The van der Waals surface area contributed by atoms with E-state index in [1.54, 1.807) is 6.92 Å². The second-order valence-corrected chi connectivity index (χ2v) is 3.63. The predicted octanol–water partition coefficient (Wildman–Crippen LogP) is 1.12. The minimum Gasteiger partial charge on any atom is -0.432 e. The maximum atomic E-state index is 11.9. The lowest BCUT2D eigenvalue weighted by molar-refractivity contribution is -0.385. The van der Waals surface area contributed by atoms with Crippen molar-refractivity contribution in [1.29, 1.82) is 0 Å². The molecule has 0 unspecified atom stereocenters. The van der Waals surface area contributed by atoms with Crippen LogP contribution in [0.25, 0.3) is 0 Å². The zero-order valence-corrected chi connectivity index (χ0v) is 9.78. The van der Waals surface area contributed by atoms with Crippen LogP contribution in [0.5, 0.6) is 0 Å². The molecule has 0 radical (unpaired) electrons. The molecular formula is C10H9N5O4. The topological polar surface area (TPSA) is 137 Å². The van der Waals surface area contributed by atoms with Crippen molar-refractivity contribution in [2.75, 3.05) is 11.1 Å². The number of pyridine rings is 1. The number of carbonyl (C=O) groups excluding carboxylic acids is 1. The largest absolute Gasteiger partial charge is 0.432 e. The number of nitro groups is 1. The van der Waals surface area contributed by atoms with E-state index < -0.39 is 10.8 Å². The third-order valence-corrected chi connectivity index (χ3v) is 2.20. The Hall–Kier alpha value is -2.97. The van der Waals surface area contributed by atoms with Gasteiger partial charge in [-0.25, -0.2) is 4.98 Å².